The molecule has 6 heteroatoms. The first kappa shape index (κ1) is 16.2. The molecule has 0 saturated carbocycles. The Labute approximate surface area is 130 Å². The molecule has 3 nitrogen and oxygen atoms in total. The molecule has 1 aromatic heterocycles. The number of carbonyl (C=O) groups excluding carboxylic acids is 1. The molecule has 102 valence electrons. The monoisotopic (exact) mass is 363 g/mol. The van der Waals surface area contributed by atoms with Crippen LogP contribution in [-0.2, 0) is 4.74 Å². The Bertz CT molecular complexity index is 617. The van der Waals surface area contributed by atoms with Gasteiger partial charge in [0.2, 0.25) is 0 Å². The van der Waals surface area contributed by atoms with E-state index in [4.69, 9.17) is 23.2 Å². The van der Waals surface area contributed by atoms with Gasteiger partial charge in [-0.25, -0.2) is 9.78 Å². The topological polar surface area (TPSA) is 39.2 Å². The van der Waals surface area contributed by atoms with Crippen LogP contribution in [0.3, 0.4) is 0 Å². The van der Waals surface area contributed by atoms with Crippen molar-refractivity contribution in [2.75, 3.05) is 7.11 Å². The number of aromatic nitrogens is 1. The second-order valence-corrected chi connectivity index (χ2v) is 4.92. The van der Waals surface area contributed by atoms with Gasteiger partial charge in [-0.2, -0.15) is 0 Å². The third-order valence-electron chi connectivity index (χ3n) is 2.22. The first-order valence-corrected chi connectivity index (χ1v) is 7.11. The molecule has 0 aliphatic rings. The number of carbonyl (C=O) groups is 1. The molecule has 1 aromatic carbocycles. The number of benzene rings is 1. The maximum absolute atomic E-state index is 11.5. The first-order valence-electron chi connectivity index (χ1n) is 5.56. The molecule has 0 spiro atoms. The molecule has 1 heterocycles. The Kier molecular flexibility index (Phi) is 6.04. The third-order valence-corrected chi connectivity index (χ3v) is 3.38. The van der Waals surface area contributed by atoms with Gasteiger partial charge < -0.3 is 4.74 Å². The molecule has 0 aliphatic carbocycles. The van der Waals surface area contributed by atoms with Gasteiger partial charge in [-0.1, -0.05) is 37.0 Å². The SMILES string of the molecule is CC.COC(=O)c1cc2nc(Cl)cc(Cl)c2cc1Br. The van der Waals surface area contributed by atoms with Crippen molar-refractivity contribution in [3.8, 4) is 0 Å². The summed E-state index contributed by atoms with van der Waals surface area (Å²) in [5.41, 5.74) is 0.928. The Morgan fingerprint density at radius 1 is 1.26 bits per heavy atom. The molecule has 0 amide bonds. The summed E-state index contributed by atoms with van der Waals surface area (Å²) < 4.78 is 5.26. The van der Waals surface area contributed by atoms with Gasteiger partial charge in [0.15, 0.2) is 0 Å². The van der Waals surface area contributed by atoms with Gasteiger partial charge in [-0.3, -0.25) is 0 Å². The van der Waals surface area contributed by atoms with Crippen LogP contribution in [0, 0.1) is 0 Å². The maximum atomic E-state index is 11.5. The number of pyridine rings is 1. The number of rotatable bonds is 1. The maximum Gasteiger partial charge on any atom is 0.339 e. The van der Waals surface area contributed by atoms with Crippen LogP contribution in [0.5, 0.6) is 0 Å². The molecule has 0 atom stereocenters. The zero-order chi connectivity index (χ0) is 14.6. The smallest absolute Gasteiger partial charge is 0.339 e. The highest BCUT2D eigenvalue weighted by atomic mass is 79.9. The molecule has 19 heavy (non-hydrogen) atoms. The minimum Gasteiger partial charge on any atom is -0.465 e. The largest absolute Gasteiger partial charge is 0.465 e. The van der Waals surface area contributed by atoms with E-state index in [1.807, 2.05) is 13.8 Å². The van der Waals surface area contributed by atoms with Gasteiger partial charge in [-0.05, 0) is 34.1 Å². The van der Waals surface area contributed by atoms with Gasteiger partial charge >= 0.3 is 5.97 Å². The predicted molar refractivity (Wildman–Crippen MR) is 82.2 cm³/mol. The number of nitrogens with zero attached hydrogens (tertiary/aromatic N) is 1. The van der Waals surface area contributed by atoms with E-state index in [-0.39, 0.29) is 5.15 Å². The van der Waals surface area contributed by atoms with Crippen molar-refractivity contribution in [3.63, 3.8) is 0 Å². The summed E-state index contributed by atoms with van der Waals surface area (Å²) in [5, 5.41) is 1.48. The van der Waals surface area contributed by atoms with Crippen molar-refractivity contribution >= 4 is 56.0 Å². The molecule has 0 bridgehead atoms. The highest BCUT2D eigenvalue weighted by Gasteiger charge is 2.14. The zero-order valence-electron chi connectivity index (χ0n) is 10.6. The number of fused-ring (bicyclic) bond motifs is 1. The van der Waals surface area contributed by atoms with E-state index < -0.39 is 5.97 Å². The lowest BCUT2D eigenvalue weighted by molar-refractivity contribution is 0.0600. The first-order chi connectivity index (χ1) is 9.02. The van der Waals surface area contributed by atoms with E-state index >= 15 is 0 Å². The average Bonchev–Trinajstić information content (AvgIpc) is 2.40. The normalized spacial score (nSPS) is 9.79. The van der Waals surface area contributed by atoms with Crippen molar-refractivity contribution < 1.29 is 9.53 Å². The number of hydrogen-bond donors (Lipinski definition) is 0. The van der Waals surface area contributed by atoms with Crippen LogP contribution >= 0.6 is 39.1 Å². The number of methoxy groups -OCH3 is 1. The van der Waals surface area contributed by atoms with Gasteiger partial charge in [0.05, 0.1) is 23.2 Å². The Hall–Kier alpha value is -0.840. The van der Waals surface area contributed by atoms with Crippen LogP contribution in [0.25, 0.3) is 10.9 Å². The highest BCUT2D eigenvalue weighted by molar-refractivity contribution is 9.10. The molecule has 2 rings (SSSR count). The van der Waals surface area contributed by atoms with Gasteiger partial charge in [-0.15, -0.1) is 0 Å². The van der Waals surface area contributed by atoms with E-state index in [9.17, 15) is 4.79 Å². The lowest BCUT2D eigenvalue weighted by Crippen LogP contribution is -2.02. The summed E-state index contributed by atoms with van der Waals surface area (Å²) in [5.74, 6) is -0.448. The summed E-state index contributed by atoms with van der Waals surface area (Å²) in [6.07, 6.45) is 0. The fraction of sp³-hybridized carbons (Fsp3) is 0.231. The molecule has 0 N–H and O–H groups in total. The van der Waals surface area contributed by atoms with Gasteiger partial charge in [0, 0.05) is 9.86 Å². The van der Waals surface area contributed by atoms with Crippen LogP contribution in [0.1, 0.15) is 24.2 Å². The second-order valence-electron chi connectivity index (χ2n) is 3.27. The molecular formula is C13H12BrCl2NO2. The van der Waals surface area contributed by atoms with Crippen molar-refractivity contribution in [1.82, 2.24) is 4.98 Å². The molecule has 0 unspecified atom stereocenters. The van der Waals surface area contributed by atoms with Crippen LogP contribution in [0.4, 0.5) is 0 Å². The fourth-order valence-corrected chi connectivity index (χ4v) is 2.46. The van der Waals surface area contributed by atoms with Crippen molar-refractivity contribution in [2.24, 2.45) is 0 Å². The molecular weight excluding hydrogens is 353 g/mol. The minimum absolute atomic E-state index is 0.278. The molecule has 0 radical (unpaired) electrons. The number of ether oxygens (including phenoxy) is 1. The van der Waals surface area contributed by atoms with E-state index in [0.29, 0.717) is 20.6 Å². The predicted octanol–water partition coefficient (Wildman–Crippen LogP) is 5.12. The fourth-order valence-electron chi connectivity index (χ4n) is 1.44. The molecule has 2 aromatic rings. The molecule has 0 saturated heterocycles. The molecule has 0 fully saturated rings. The van der Waals surface area contributed by atoms with Gasteiger partial charge in [0.25, 0.3) is 0 Å². The zero-order valence-corrected chi connectivity index (χ0v) is 13.7. The summed E-state index contributed by atoms with van der Waals surface area (Å²) in [6.45, 7) is 4.00. The van der Waals surface area contributed by atoms with E-state index in [2.05, 4.69) is 25.7 Å². The minimum atomic E-state index is -0.448. The lowest BCUT2D eigenvalue weighted by atomic mass is 10.1. The second kappa shape index (κ2) is 7.08. The Morgan fingerprint density at radius 3 is 2.47 bits per heavy atom. The summed E-state index contributed by atoms with van der Waals surface area (Å²) >= 11 is 15.1. The van der Waals surface area contributed by atoms with E-state index in [0.717, 1.165) is 5.39 Å². The van der Waals surface area contributed by atoms with E-state index in [1.165, 1.54) is 7.11 Å². The van der Waals surface area contributed by atoms with Crippen molar-refractivity contribution in [1.29, 1.82) is 0 Å². The number of esters is 1. The van der Waals surface area contributed by atoms with Crippen LogP contribution < -0.4 is 0 Å². The van der Waals surface area contributed by atoms with Gasteiger partial charge in [0.1, 0.15) is 5.15 Å². The average molecular weight is 365 g/mol. The van der Waals surface area contributed by atoms with Crippen LogP contribution in [0.2, 0.25) is 10.2 Å². The standard InChI is InChI=1S/C11H6BrCl2NO2.C2H6/c1-17-11(16)5-3-9-6(2-7(5)12)8(13)4-10(14)15-9;1-2/h2-4H,1H3;1-2H3. The Balaban J connectivity index is 0.000000861. The van der Waals surface area contributed by atoms with Crippen molar-refractivity contribution in [2.45, 2.75) is 13.8 Å². The van der Waals surface area contributed by atoms with Crippen LogP contribution in [-0.4, -0.2) is 18.1 Å². The van der Waals surface area contributed by atoms with E-state index in [1.54, 1.807) is 18.2 Å². The molecule has 0 aliphatic heterocycles. The summed E-state index contributed by atoms with van der Waals surface area (Å²) in [6, 6.07) is 4.85. The third kappa shape index (κ3) is 3.59. The lowest BCUT2D eigenvalue weighted by Gasteiger charge is -2.06. The number of halogens is 3. The quantitative estimate of drug-likeness (QED) is 0.520. The Morgan fingerprint density at radius 2 is 1.89 bits per heavy atom. The summed E-state index contributed by atoms with van der Waals surface area (Å²) in [4.78, 5) is 15.6. The van der Waals surface area contributed by atoms with Crippen molar-refractivity contribution in [3.05, 3.63) is 38.4 Å². The number of hydrogen-bond acceptors (Lipinski definition) is 3. The van der Waals surface area contributed by atoms with Crippen LogP contribution in [0.15, 0.2) is 22.7 Å². The highest BCUT2D eigenvalue weighted by Crippen LogP contribution is 2.30. The summed E-state index contributed by atoms with van der Waals surface area (Å²) in [7, 11) is 1.32.